The Morgan fingerprint density at radius 2 is 2.09 bits per heavy atom. The first-order chi connectivity index (χ1) is 10.7. The van der Waals surface area contributed by atoms with Crippen LogP contribution in [0.25, 0.3) is 0 Å². The van der Waals surface area contributed by atoms with Crippen molar-refractivity contribution in [3.8, 4) is 0 Å². The molecular weight excluding hydrogens is 312 g/mol. The van der Waals surface area contributed by atoms with E-state index in [4.69, 9.17) is 0 Å². The summed E-state index contributed by atoms with van der Waals surface area (Å²) in [4.78, 5) is 14.3. The van der Waals surface area contributed by atoms with Crippen LogP contribution in [0.3, 0.4) is 0 Å². The van der Waals surface area contributed by atoms with Crippen molar-refractivity contribution in [2.45, 2.75) is 39.0 Å². The van der Waals surface area contributed by atoms with Gasteiger partial charge in [0.15, 0.2) is 0 Å². The zero-order valence-electron chi connectivity index (χ0n) is 13.1. The minimum absolute atomic E-state index is 0.0464. The molecule has 7 heteroatoms. The molecule has 0 saturated carbocycles. The minimum atomic E-state index is -4.58. The highest BCUT2D eigenvalue weighted by molar-refractivity contribution is 5.79. The molecule has 1 atom stereocenters. The van der Waals surface area contributed by atoms with Gasteiger partial charge in [-0.1, -0.05) is 6.07 Å². The lowest BCUT2D eigenvalue weighted by Gasteiger charge is -2.20. The summed E-state index contributed by atoms with van der Waals surface area (Å²) >= 11 is 0. The summed E-state index contributed by atoms with van der Waals surface area (Å²) in [5.74, 6) is -1.31. The number of nitrogens with one attached hydrogen (secondary N) is 1. The van der Waals surface area contributed by atoms with E-state index in [2.05, 4.69) is 24.1 Å². The van der Waals surface area contributed by atoms with Gasteiger partial charge in [0, 0.05) is 24.7 Å². The average Bonchev–Trinajstić information content (AvgIpc) is 2.94. The number of hydrogen-bond acceptors (Lipinski definition) is 2. The Labute approximate surface area is 132 Å². The van der Waals surface area contributed by atoms with Crippen molar-refractivity contribution < 1.29 is 22.4 Å². The third kappa shape index (κ3) is 4.43. The van der Waals surface area contributed by atoms with Gasteiger partial charge in [0.2, 0.25) is 5.91 Å². The highest BCUT2D eigenvalue weighted by atomic mass is 19.4. The lowest BCUT2D eigenvalue weighted by molar-refractivity contribution is -0.137. The highest BCUT2D eigenvalue weighted by Crippen LogP contribution is 2.30. The van der Waals surface area contributed by atoms with Gasteiger partial charge in [-0.25, -0.2) is 4.39 Å². The van der Waals surface area contributed by atoms with Gasteiger partial charge in [-0.3, -0.25) is 4.79 Å². The number of rotatable bonds is 4. The molecule has 1 fully saturated rings. The van der Waals surface area contributed by atoms with Crippen LogP contribution in [0.1, 0.15) is 31.4 Å². The van der Waals surface area contributed by atoms with Gasteiger partial charge in [-0.15, -0.1) is 0 Å². The van der Waals surface area contributed by atoms with Crippen molar-refractivity contribution in [1.82, 2.24) is 10.2 Å². The molecular formula is C16H20F4N2O. The average molecular weight is 332 g/mol. The van der Waals surface area contributed by atoms with Crippen molar-refractivity contribution in [3.05, 3.63) is 35.1 Å². The van der Waals surface area contributed by atoms with Crippen molar-refractivity contribution in [2.24, 2.45) is 5.92 Å². The number of benzene rings is 1. The van der Waals surface area contributed by atoms with E-state index in [0.29, 0.717) is 18.7 Å². The molecule has 0 radical (unpaired) electrons. The third-order valence-electron chi connectivity index (χ3n) is 4.15. The SMILES string of the molecule is CC(C)N1CC[C@H](C(=O)NCc2ccc(C(F)(F)F)cc2F)C1. The molecule has 0 bridgehead atoms. The molecule has 3 nitrogen and oxygen atoms in total. The molecule has 1 aliphatic heterocycles. The topological polar surface area (TPSA) is 32.3 Å². The van der Waals surface area contributed by atoms with E-state index < -0.39 is 17.6 Å². The van der Waals surface area contributed by atoms with E-state index in [1.807, 2.05) is 0 Å². The van der Waals surface area contributed by atoms with E-state index in [0.717, 1.165) is 25.1 Å². The van der Waals surface area contributed by atoms with E-state index in [1.165, 1.54) is 0 Å². The van der Waals surface area contributed by atoms with Gasteiger partial charge in [0.05, 0.1) is 11.5 Å². The Bertz CT molecular complexity index is 572. The molecule has 1 aromatic rings. The Hall–Kier alpha value is -1.63. The molecule has 0 spiro atoms. The van der Waals surface area contributed by atoms with Gasteiger partial charge in [-0.2, -0.15) is 13.2 Å². The number of alkyl halides is 3. The number of carbonyl (C=O) groups is 1. The molecule has 0 unspecified atom stereocenters. The first-order valence-electron chi connectivity index (χ1n) is 7.56. The summed E-state index contributed by atoms with van der Waals surface area (Å²) in [7, 11) is 0. The fourth-order valence-corrected chi connectivity index (χ4v) is 2.66. The maximum absolute atomic E-state index is 13.7. The summed E-state index contributed by atoms with van der Waals surface area (Å²) < 4.78 is 51.2. The summed E-state index contributed by atoms with van der Waals surface area (Å²) in [6.07, 6.45) is -3.84. The van der Waals surface area contributed by atoms with Gasteiger partial charge in [-0.05, 0) is 38.9 Å². The Balaban J connectivity index is 1.92. The molecule has 2 rings (SSSR count). The van der Waals surface area contributed by atoms with Crippen LogP contribution < -0.4 is 5.32 Å². The summed E-state index contributed by atoms with van der Waals surface area (Å²) in [5.41, 5.74) is -0.987. The van der Waals surface area contributed by atoms with Gasteiger partial charge in [0.25, 0.3) is 0 Å². The third-order valence-corrected chi connectivity index (χ3v) is 4.15. The molecule has 1 aliphatic rings. The van der Waals surface area contributed by atoms with Crippen LogP contribution in [0.15, 0.2) is 18.2 Å². The molecule has 23 heavy (non-hydrogen) atoms. The maximum atomic E-state index is 13.7. The quantitative estimate of drug-likeness (QED) is 0.859. The van der Waals surface area contributed by atoms with Crippen LogP contribution in [-0.2, 0) is 17.5 Å². The summed E-state index contributed by atoms with van der Waals surface area (Å²) in [5, 5.41) is 2.61. The number of nitrogens with zero attached hydrogens (tertiary/aromatic N) is 1. The van der Waals surface area contributed by atoms with Crippen LogP contribution in [0.5, 0.6) is 0 Å². The zero-order chi connectivity index (χ0) is 17.2. The van der Waals surface area contributed by atoms with E-state index in [9.17, 15) is 22.4 Å². The second-order valence-corrected chi connectivity index (χ2v) is 6.10. The molecule has 1 aromatic carbocycles. The molecule has 1 saturated heterocycles. The smallest absolute Gasteiger partial charge is 0.352 e. The lowest BCUT2D eigenvalue weighted by Crippen LogP contribution is -2.34. The lowest BCUT2D eigenvalue weighted by atomic mass is 10.1. The van der Waals surface area contributed by atoms with E-state index in [1.54, 1.807) is 0 Å². The van der Waals surface area contributed by atoms with Crippen LogP contribution >= 0.6 is 0 Å². The van der Waals surface area contributed by atoms with Gasteiger partial charge >= 0.3 is 6.18 Å². The predicted molar refractivity (Wildman–Crippen MR) is 78.1 cm³/mol. The molecule has 1 amide bonds. The molecule has 128 valence electrons. The largest absolute Gasteiger partial charge is 0.416 e. The number of carbonyl (C=O) groups excluding carboxylic acids is 1. The number of halogens is 4. The monoisotopic (exact) mass is 332 g/mol. The molecule has 1 heterocycles. The Kier molecular flexibility index (Phi) is 5.29. The van der Waals surface area contributed by atoms with Crippen LogP contribution in [0.4, 0.5) is 17.6 Å². The Morgan fingerprint density at radius 1 is 1.39 bits per heavy atom. The molecule has 1 N–H and O–H groups in total. The van der Waals surface area contributed by atoms with Gasteiger partial charge < -0.3 is 10.2 Å². The maximum Gasteiger partial charge on any atom is 0.416 e. The fraction of sp³-hybridized carbons (Fsp3) is 0.562. The van der Waals surface area contributed by atoms with Crippen molar-refractivity contribution in [2.75, 3.05) is 13.1 Å². The first-order valence-corrected chi connectivity index (χ1v) is 7.56. The predicted octanol–water partition coefficient (Wildman–Crippen LogP) is 3.19. The highest BCUT2D eigenvalue weighted by Gasteiger charge is 2.32. The summed E-state index contributed by atoms with van der Waals surface area (Å²) in [6, 6.07) is 2.70. The van der Waals surface area contributed by atoms with Crippen molar-refractivity contribution in [3.63, 3.8) is 0 Å². The van der Waals surface area contributed by atoms with Crippen molar-refractivity contribution >= 4 is 5.91 Å². The zero-order valence-corrected chi connectivity index (χ0v) is 13.1. The van der Waals surface area contributed by atoms with Crippen molar-refractivity contribution in [1.29, 1.82) is 0 Å². The van der Waals surface area contributed by atoms with Gasteiger partial charge in [0.1, 0.15) is 5.82 Å². The first kappa shape index (κ1) is 17.7. The fourth-order valence-electron chi connectivity index (χ4n) is 2.66. The second-order valence-electron chi connectivity index (χ2n) is 6.10. The van der Waals surface area contributed by atoms with E-state index >= 15 is 0 Å². The summed E-state index contributed by atoms with van der Waals surface area (Å²) in [6.45, 7) is 5.49. The standard InChI is InChI=1S/C16H20F4N2O/c1-10(2)22-6-5-12(9-22)15(23)21-8-11-3-4-13(7-14(11)17)16(18,19)20/h3-4,7,10,12H,5-6,8-9H2,1-2H3,(H,21,23)/t12-/m0/s1. The van der Waals surface area contributed by atoms with Crippen LogP contribution in [-0.4, -0.2) is 29.9 Å². The number of likely N-dealkylation sites (tertiary alicyclic amines) is 1. The minimum Gasteiger partial charge on any atom is -0.352 e. The molecule has 0 aliphatic carbocycles. The van der Waals surface area contributed by atoms with E-state index in [-0.39, 0.29) is 23.9 Å². The van der Waals surface area contributed by atoms with Crippen LogP contribution in [0.2, 0.25) is 0 Å². The molecule has 0 aromatic heterocycles. The number of amides is 1. The number of hydrogen-bond donors (Lipinski definition) is 1. The second kappa shape index (κ2) is 6.86. The van der Waals surface area contributed by atoms with Crippen LogP contribution in [0, 0.1) is 11.7 Å². The normalized spacial score (nSPS) is 19.3. The Morgan fingerprint density at radius 3 is 2.61 bits per heavy atom.